The van der Waals surface area contributed by atoms with Gasteiger partial charge in [0.2, 0.25) is 0 Å². The smallest absolute Gasteiger partial charge is 0.335 e. The van der Waals surface area contributed by atoms with Gasteiger partial charge in [-0.15, -0.1) is 0 Å². The lowest BCUT2D eigenvalue weighted by Gasteiger charge is -1.69. The summed E-state index contributed by atoms with van der Waals surface area (Å²) in [5.41, 5.74) is 0. The fourth-order valence-corrected chi connectivity index (χ4v) is 0. The van der Waals surface area contributed by atoms with Gasteiger partial charge in [-0.2, -0.15) is 0 Å². The van der Waals surface area contributed by atoms with Crippen molar-refractivity contribution < 1.29 is 14.3 Å². The monoisotopic (exact) mass is 80.0 g/mol. The molecule has 5 heavy (non-hydrogen) atoms. The number of hydrogen-bond donors (Lipinski definition) is 1. The maximum Gasteiger partial charge on any atom is 0.335 e. The van der Waals surface area contributed by atoms with Crippen LogP contribution in [0.5, 0.6) is 0 Å². The summed E-state index contributed by atoms with van der Waals surface area (Å²) in [6.45, 7) is -1.28. The third-order valence-corrected chi connectivity index (χ3v) is 0.114. The molecule has 0 radical (unpaired) electrons. The molecule has 0 aromatic heterocycles. The van der Waals surface area contributed by atoms with Crippen LogP contribution in [0, 0.1) is 0 Å². The minimum absolute atomic E-state index is 1.28. The Bertz CT molecular complexity index is 42.9. The molecule has 0 bridgehead atoms. The summed E-state index contributed by atoms with van der Waals surface area (Å²) >= 11 is 0. The fourth-order valence-electron chi connectivity index (χ4n) is 0. The van der Waals surface area contributed by atoms with Gasteiger partial charge in [0, 0.05) is 0 Å². The molecule has 0 aromatic carbocycles. The maximum absolute atomic E-state index is 10.5. The second-order valence-corrected chi connectivity index (χ2v) is 0.527. The van der Waals surface area contributed by atoms with E-state index < -0.39 is 12.6 Å². The van der Waals surface area contributed by atoms with E-state index in [1.165, 1.54) is 0 Å². The Hall–Kier alpha value is -0.600. The highest BCUT2D eigenvalue weighted by Gasteiger charge is 1.85. The van der Waals surface area contributed by atoms with Gasteiger partial charge in [-0.1, -0.05) is 0 Å². The molecular weight excluding hydrogens is 77.0 g/mol. The van der Waals surface area contributed by atoms with E-state index >= 15 is 0 Å². The Kier molecular flexibility index (Phi) is 1.49. The molecule has 0 saturated carbocycles. The fraction of sp³-hybridized carbons (Fsp3) is 0.500. The average Bonchev–Trinajstić information content (AvgIpc) is 1.38. The van der Waals surface area contributed by atoms with E-state index in [9.17, 15) is 4.39 Å². The SMILES string of the molecule is O=[13C](O)[13CH2]F. The van der Waals surface area contributed by atoms with Gasteiger partial charge >= 0.3 is 5.97 Å². The molecule has 3 heteroatoms. The highest BCUT2D eigenvalue weighted by molar-refractivity contribution is 5.67. The average molecular weight is 80.0 g/mol. The van der Waals surface area contributed by atoms with Crippen molar-refractivity contribution in [1.82, 2.24) is 0 Å². The zero-order valence-electron chi connectivity index (χ0n) is 2.44. The number of alkyl halides is 1. The molecule has 0 fully saturated rings. The van der Waals surface area contributed by atoms with Crippen molar-refractivity contribution >= 4 is 5.97 Å². The number of carboxylic acids is 1. The lowest BCUT2D eigenvalue weighted by Crippen LogP contribution is -1.93. The van der Waals surface area contributed by atoms with Gasteiger partial charge in [0.25, 0.3) is 0 Å². The van der Waals surface area contributed by atoms with Crippen LogP contribution in [-0.2, 0) is 4.79 Å². The van der Waals surface area contributed by atoms with E-state index in [-0.39, 0.29) is 0 Å². The number of carbonyl (C=O) groups is 1. The number of rotatable bonds is 1. The number of halogens is 1. The molecule has 0 aliphatic carbocycles. The van der Waals surface area contributed by atoms with Gasteiger partial charge in [-0.3, -0.25) is 0 Å². The van der Waals surface area contributed by atoms with E-state index in [0.29, 0.717) is 0 Å². The van der Waals surface area contributed by atoms with Crippen LogP contribution in [-0.4, -0.2) is 17.8 Å². The van der Waals surface area contributed by atoms with Crippen LogP contribution >= 0.6 is 0 Å². The Labute approximate surface area is 28.2 Å². The molecule has 0 spiro atoms. The predicted octanol–water partition coefficient (Wildman–Crippen LogP) is 0.0405. The van der Waals surface area contributed by atoms with E-state index in [1.807, 2.05) is 0 Å². The van der Waals surface area contributed by atoms with Crippen LogP contribution in [0.1, 0.15) is 0 Å². The van der Waals surface area contributed by atoms with Crippen LogP contribution in [0.3, 0.4) is 0 Å². The Morgan fingerprint density at radius 2 is 2.20 bits per heavy atom. The van der Waals surface area contributed by atoms with Crippen molar-refractivity contribution in [3.05, 3.63) is 0 Å². The number of aliphatic carboxylic acids is 1. The minimum atomic E-state index is -1.41. The molecule has 0 saturated heterocycles. The Morgan fingerprint density at radius 3 is 2.20 bits per heavy atom. The first-order chi connectivity index (χ1) is 2.27. The second kappa shape index (κ2) is 1.69. The van der Waals surface area contributed by atoms with Crippen LogP contribution < -0.4 is 0 Å². The zero-order valence-corrected chi connectivity index (χ0v) is 2.44. The third kappa shape index (κ3) is 3.40. The molecule has 0 atom stereocenters. The molecule has 1 N–H and O–H groups in total. The topological polar surface area (TPSA) is 37.3 Å². The van der Waals surface area contributed by atoms with Crippen LogP contribution in [0.4, 0.5) is 4.39 Å². The van der Waals surface area contributed by atoms with Crippen LogP contribution in [0.2, 0.25) is 0 Å². The summed E-state index contributed by atoms with van der Waals surface area (Å²) in [6, 6.07) is 0. The highest BCUT2D eigenvalue weighted by Crippen LogP contribution is 1.60. The quantitative estimate of drug-likeness (QED) is 0.451. The highest BCUT2D eigenvalue weighted by atomic mass is 19.2. The summed E-state index contributed by atoms with van der Waals surface area (Å²) in [4.78, 5) is 8.99. The molecule has 0 aliphatic rings. The lowest BCUT2D eigenvalue weighted by atomic mass is 11.8. The van der Waals surface area contributed by atoms with Crippen molar-refractivity contribution in [3.63, 3.8) is 0 Å². The molecule has 0 aromatic rings. The first-order valence-electron chi connectivity index (χ1n) is 1.05. The molecular formula is C2H3FO2. The summed E-state index contributed by atoms with van der Waals surface area (Å²) < 4.78 is 10.5. The standard InChI is InChI=1S/C2H3FO2/c3-1-2(4)5/h1H2,(H,4,5)/i1+1,2+1. The molecule has 0 heterocycles. The van der Waals surface area contributed by atoms with Crippen molar-refractivity contribution in [2.24, 2.45) is 0 Å². The molecule has 0 unspecified atom stereocenters. The normalized spacial score (nSPS) is 7.40. The largest absolute Gasteiger partial charge is 0.479 e. The molecule has 30 valence electrons. The van der Waals surface area contributed by atoms with Crippen molar-refractivity contribution in [2.75, 3.05) is 6.67 Å². The first-order valence-corrected chi connectivity index (χ1v) is 1.05. The van der Waals surface area contributed by atoms with E-state index in [0.717, 1.165) is 0 Å². The van der Waals surface area contributed by atoms with Crippen molar-refractivity contribution in [1.29, 1.82) is 0 Å². The lowest BCUT2D eigenvalue weighted by molar-refractivity contribution is -0.137. The molecule has 0 rings (SSSR count). The molecule has 0 amide bonds. The summed E-state index contributed by atoms with van der Waals surface area (Å²) in [5, 5.41) is 7.35. The number of carboxylic acid groups (broad SMARTS) is 1. The maximum atomic E-state index is 10.5. The summed E-state index contributed by atoms with van der Waals surface area (Å²) in [6.07, 6.45) is 0. The van der Waals surface area contributed by atoms with E-state index in [4.69, 9.17) is 9.90 Å². The van der Waals surface area contributed by atoms with Gasteiger partial charge in [0.05, 0.1) is 0 Å². The van der Waals surface area contributed by atoms with Crippen molar-refractivity contribution in [2.45, 2.75) is 0 Å². The van der Waals surface area contributed by atoms with Gasteiger partial charge in [-0.25, -0.2) is 9.18 Å². The van der Waals surface area contributed by atoms with Gasteiger partial charge < -0.3 is 5.11 Å². The zero-order chi connectivity index (χ0) is 4.28. The van der Waals surface area contributed by atoms with Crippen LogP contribution in [0.25, 0.3) is 0 Å². The van der Waals surface area contributed by atoms with Gasteiger partial charge in [0.15, 0.2) is 6.67 Å². The molecule has 2 nitrogen and oxygen atoms in total. The second-order valence-electron chi connectivity index (χ2n) is 0.527. The Morgan fingerprint density at radius 1 is 2.00 bits per heavy atom. The molecule has 0 aliphatic heterocycles. The summed E-state index contributed by atoms with van der Waals surface area (Å²) in [5.74, 6) is -1.41. The third-order valence-electron chi connectivity index (χ3n) is 0.114. The Balaban J connectivity index is 2.85. The summed E-state index contributed by atoms with van der Waals surface area (Å²) in [7, 11) is 0. The predicted molar refractivity (Wildman–Crippen MR) is 13.6 cm³/mol. The van der Waals surface area contributed by atoms with E-state index in [1.54, 1.807) is 0 Å². The first kappa shape index (κ1) is 4.40. The minimum Gasteiger partial charge on any atom is -0.479 e. The number of hydrogen-bond acceptors (Lipinski definition) is 1. The van der Waals surface area contributed by atoms with E-state index in [2.05, 4.69) is 0 Å². The van der Waals surface area contributed by atoms with Gasteiger partial charge in [-0.05, 0) is 0 Å². The van der Waals surface area contributed by atoms with Crippen molar-refractivity contribution in [3.8, 4) is 0 Å². The van der Waals surface area contributed by atoms with Gasteiger partial charge in [0.1, 0.15) is 0 Å². The van der Waals surface area contributed by atoms with Crippen LogP contribution in [0.15, 0.2) is 0 Å².